The summed E-state index contributed by atoms with van der Waals surface area (Å²) in [4.78, 5) is 4.06. The van der Waals surface area contributed by atoms with Gasteiger partial charge in [-0.05, 0) is 45.2 Å². The number of imidazole rings is 1. The lowest BCUT2D eigenvalue weighted by atomic mass is 9.95. The fourth-order valence-corrected chi connectivity index (χ4v) is 2.30. The average Bonchev–Trinajstić information content (AvgIpc) is 2.96. The lowest BCUT2D eigenvalue weighted by Crippen LogP contribution is -2.40. The molecule has 20 heavy (non-hydrogen) atoms. The minimum atomic E-state index is 0.185. The molecule has 0 amide bonds. The Morgan fingerprint density at radius 3 is 2.70 bits per heavy atom. The maximum absolute atomic E-state index is 4.06. The van der Waals surface area contributed by atoms with Crippen molar-refractivity contribution in [3.8, 4) is 0 Å². The Morgan fingerprint density at radius 2 is 2.00 bits per heavy atom. The predicted molar refractivity (Wildman–Crippen MR) is 83.7 cm³/mol. The number of benzene rings is 1. The van der Waals surface area contributed by atoms with E-state index in [1.165, 1.54) is 5.56 Å². The summed E-state index contributed by atoms with van der Waals surface area (Å²) in [5.41, 5.74) is 1.60. The smallest absolute Gasteiger partial charge is 0.0945 e. The fraction of sp³-hybridized carbons (Fsp3) is 0.471. The van der Waals surface area contributed by atoms with Crippen LogP contribution in [0.1, 0.15) is 32.3 Å². The van der Waals surface area contributed by atoms with Gasteiger partial charge in [0.15, 0.2) is 0 Å². The summed E-state index contributed by atoms with van der Waals surface area (Å²) in [6, 6.07) is 10.7. The van der Waals surface area contributed by atoms with Crippen molar-refractivity contribution >= 4 is 0 Å². The SMILES string of the molecule is CC(C)(CCc1ccccc1)NCCCn1ccnc1. The van der Waals surface area contributed by atoms with Crippen LogP contribution in [0.15, 0.2) is 49.1 Å². The number of nitrogens with one attached hydrogen (secondary N) is 1. The largest absolute Gasteiger partial charge is 0.337 e. The van der Waals surface area contributed by atoms with E-state index in [0.717, 1.165) is 32.4 Å². The maximum Gasteiger partial charge on any atom is 0.0945 e. The molecule has 2 rings (SSSR count). The van der Waals surface area contributed by atoms with E-state index in [4.69, 9.17) is 0 Å². The Morgan fingerprint density at radius 1 is 1.20 bits per heavy atom. The Hall–Kier alpha value is -1.61. The Bertz CT molecular complexity index is 474. The molecule has 1 aromatic carbocycles. The van der Waals surface area contributed by atoms with E-state index in [9.17, 15) is 0 Å². The van der Waals surface area contributed by atoms with Crippen molar-refractivity contribution < 1.29 is 0 Å². The minimum Gasteiger partial charge on any atom is -0.337 e. The zero-order valence-corrected chi connectivity index (χ0v) is 12.5. The Kier molecular flexibility index (Phi) is 5.36. The molecule has 2 aromatic rings. The van der Waals surface area contributed by atoms with Crippen LogP contribution >= 0.6 is 0 Å². The highest BCUT2D eigenvalue weighted by molar-refractivity contribution is 5.15. The molecule has 0 saturated carbocycles. The van der Waals surface area contributed by atoms with Gasteiger partial charge in [-0.3, -0.25) is 0 Å². The molecule has 3 nitrogen and oxygen atoms in total. The maximum atomic E-state index is 4.06. The van der Waals surface area contributed by atoms with E-state index in [1.54, 1.807) is 0 Å². The van der Waals surface area contributed by atoms with Crippen LogP contribution in [0.25, 0.3) is 0 Å². The monoisotopic (exact) mass is 271 g/mol. The number of aryl methyl sites for hydroxylation is 2. The van der Waals surface area contributed by atoms with Crippen LogP contribution in [0.5, 0.6) is 0 Å². The van der Waals surface area contributed by atoms with Crippen molar-refractivity contribution in [2.45, 2.75) is 45.2 Å². The first-order valence-electron chi connectivity index (χ1n) is 7.40. The van der Waals surface area contributed by atoms with Crippen molar-refractivity contribution in [3.63, 3.8) is 0 Å². The number of rotatable bonds is 8. The van der Waals surface area contributed by atoms with Gasteiger partial charge in [0.2, 0.25) is 0 Å². The molecule has 1 heterocycles. The van der Waals surface area contributed by atoms with Crippen molar-refractivity contribution in [1.82, 2.24) is 14.9 Å². The molecule has 108 valence electrons. The zero-order chi connectivity index (χ0) is 14.3. The van der Waals surface area contributed by atoms with Crippen LogP contribution in [-0.2, 0) is 13.0 Å². The van der Waals surface area contributed by atoms with Crippen molar-refractivity contribution in [2.24, 2.45) is 0 Å². The van der Waals surface area contributed by atoms with Crippen LogP contribution in [0, 0.1) is 0 Å². The van der Waals surface area contributed by atoms with Gasteiger partial charge in [0.05, 0.1) is 6.33 Å². The lowest BCUT2D eigenvalue weighted by molar-refractivity contribution is 0.356. The molecule has 0 radical (unpaired) electrons. The van der Waals surface area contributed by atoms with Crippen molar-refractivity contribution in [3.05, 3.63) is 54.6 Å². The molecule has 0 aliphatic carbocycles. The van der Waals surface area contributed by atoms with Gasteiger partial charge >= 0.3 is 0 Å². The van der Waals surface area contributed by atoms with Crippen LogP contribution in [0.3, 0.4) is 0 Å². The van der Waals surface area contributed by atoms with Crippen molar-refractivity contribution in [1.29, 1.82) is 0 Å². The summed E-state index contributed by atoms with van der Waals surface area (Å²) in [7, 11) is 0. The topological polar surface area (TPSA) is 29.9 Å². The van der Waals surface area contributed by atoms with Gasteiger partial charge in [0.1, 0.15) is 0 Å². The number of aromatic nitrogens is 2. The third-order valence-corrected chi connectivity index (χ3v) is 3.64. The number of nitrogens with zero attached hydrogens (tertiary/aromatic N) is 2. The van der Waals surface area contributed by atoms with Crippen LogP contribution in [-0.4, -0.2) is 21.6 Å². The molecule has 0 unspecified atom stereocenters. The molecule has 0 spiro atoms. The Balaban J connectivity index is 1.65. The molecule has 0 aliphatic heterocycles. The molecule has 3 heteroatoms. The highest BCUT2D eigenvalue weighted by Crippen LogP contribution is 2.13. The molecule has 0 fully saturated rings. The lowest BCUT2D eigenvalue weighted by Gasteiger charge is -2.26. The summed E-state index contributed by atoms with van der Waals surface area (Å²) in [6.07, 6.45) is 9.13. The third kappa shape index (κ3) is 5.17. The van der Waals surface area contributed by atoms with Crippen LogP contribution < -0.4 is 5.32 Å². The quantitative estimate of drug-likeness (QED) is 0.747. The Labute approximate surface area is 122 Å². The second kappa shape index (κ2) is 7.25. The molecule has 1 aromatic heterocycles. The molecule has 0 aliphatic rings. The predicted octanol–water partition coefficient (Wildman–Crippen LogP) is 3.27. The molecule has 1 N–H and O–H groups in total. The molecule has 0 atom stereocenters. The first kappa shape index (κ1) is 14.8. The average molecular weight is 271 g/mol. The van der Waals surface area contributed by atoms with Gasteiger partial charge in [-0.2, -0.15) is 0 Å². The molecule has 0 saturated heterocycles. The summed E-state index contributed by atoms with van der Waals surface area (Å²) in [5, 5.41) is 3.66. The molecular weight excluding hydrogens is 246 g/mol. The van der Waals surface area contributed by atoms with E-state index < -0.39 is 0 Å². The van der Waals surface area contributed by atoms with Gasteiger partial charge < -0.3 is 9.88 Å². The number of hydrogen-bond acceptors (Lipinski definition) is 2. The first-order chi connectivity index (χ1) is 9.66. The van der Waals surface area contributed by atoms with Gasteiger partial charge in [0, 0.05) is 24.5 Å². The van der Waals surface area contributed by atoms with E-state index in [1.807, 2.05) is 18.7 Å². The summed E-state index contributed by atoms with van der Waals surface area (Å²) < 4.78 is 2.12. The summed E-state index contributed by atoms with van der Waals surface area (Å²) >= 11 is 0. The van der Waals surface area contributed by atoms with Crippen molar-refractivity contribution in [2.75, 3.05) is 6.54 Å². The van der Waals surface area contributed by atoms with Gasteiger partial charge in [-0.25, -0.2) is 4.98 Å². The summed E-state index contributed by atoms with van der Waals surface area (Å²) in [6.45, 7) is 6.64. The fourth-order valence-electron chi connectivity index (χ4n) is 2.30. The second-order valence-electron chi connectivity index (χ2n) is 5.95. The summed E-state index contributed by atoms with van der Waals surface area (Å²) in [5.74, 6) is 0. The highest BCUT2D eigenvalue weighted by atomic mass is 15.0. The van der Waals surface area contributed by atoms with Crippen LogP contribution in [0.2, 0.25) is 0 Å². The third-order valence-electron chi connectivity index (χ3n) is 3.64. The van der Waals surface area contributed by atoms with Gasteiger partial charge in [0.25, 0.3) is 0 Å². The first-order valence-corrected chi connectivity index (χ1v) is 7.40. The molecular formula is C17H25N3. The van der Waals surface area contributed by atoms with Gasteiger partial charge in [-0.1, -0.05) is 30.3 Å². The standard InChI is InChI=1S/C17H25N3/c1-17(2,10-9-16-7-4-3-5-8-16)19-11-6-13-20-14-12-18-15-20/h3-5,7-8,12,14-15,19H,6,9-11,13H2,1-2H3. The van der Waals surface area contributed by atoms with E-state index in [-0.39, 0.29) is 5.54 Å². The van der Waals surface area contributed by atoms with E-state index in [2.05, 4.69) is 59.0 Å². The minimum absolute atomic E-state index is 0.185. The zero-order valence-electron chi connectivity index (χ0n) is 12.5. The normalized spacial score (nSPS) is 11.7. The van der Waals surface area contributed by atoms with E-state index in [0.29, 0.717) is 0 Å². The van der Waals surface area contributed by atoms with Crippen LogP contribution in [0.4, 0.5) is 0 Å². The number of hydrogen-bond donors (Lipinski definition) is 1. The molecule has 0 bridgehead atoms. The van der Waals surface area contributed by atoms with E-state index >= 15 is 0 Å². The highest BCUT2D eigenvalue weighted by Gasteiger charge is 2.16. The van der Waals surface area contributed by atoms with Gasteiger partial charge in [-0.15, -0.1) is 0 Å². The second-order valence-corrected chi connectivity index (χ2v) is 5.95.